The van der Waals surface area contributed by atoms with Gasteiger partial charge in [0.2, 0.25) is 0 Å². The van der Waals surface area contributed by atoms with Crippen molar-refractivity contribution in [3.05, 3.63) is 65.7 Å². The van der Waals surface area contributed by atoms with Crippen molar-refractivity contribution in [2.24, 2.45) is 0 Å². The minimum atomic E-state index is 0.845. The van der Waals surface area contributed by atoms with E-state index in [-0.39, 0.29) is 0 Å². The normalized spacial score (nSPS) is 16.2. The summed E-state index contributed by atoms with van der Waals surface area (Å²) in [6, 6.07) is 18.7. The third-order valence-electron chi connectivity index (χ3n) is 4.88. The fraction of sp³-hybridized carbons (Fsp3) is 0.364. The van der Waals surface area contributed by atoms with E-state index in [1.165, 1.54) is 30.6 Å². The van der Waals surface area contributed by atoms with E-state index in [9.17, 15) is 0 Å². The van der Waals surface area contributed by atoms with Gasteiger partial charge in [-0.25, -0.2) is 0 Å². The van der Waals surface area contributed by atoms with Crippen molar-refractivity contribution in [3.8, 4) is 0 Å². The van der Waals surface area contributed by atoms with Crippen LogP contribution in [0.4, 0.5) is 5.69 Å². The molecule has 0 radical (unpaired) electrons. The first kappa shape index (κ1) is 17.6. The van der Waals surface area contributed by atoms with E-state index in [0.717, 1.165) is 37.4 Å². The number of benzene rings is 2. The predicted octanol–water partition coefficient (Wildman–Crippen LogP) is 4.18. The Balaban J connectivity index is 1.83. The molecule has 0 saturated carbocycles. The Morgan fingerprint density at radius 1 is 0.960 bits per heavy atom. The van der Waals surface area contributed by atoms with Gasteiger partial charge < -0.3 is 10.6 Å². The lowest BCUT2D eigenvalue weighted by molar-refractivity contribution is 0.174. The number of piperazine rings is 1. The molecule has 0 aliphatic carbocycles. The van der Waals surface area contributed by atoms with Crippen LogP contribution in [0.5, 0.6) is 0 Å². The Morgan fingerprint density at radius 3 is 2.32 bits per heavy atom. The van der Waals surface area contributed by atoms with E-state index in [2.05, 4.69) is 65.3 Å². The molecular weight excluding hydrogens is 306 g/mol. The highest BCUT2D eigenvalue weighted by Gasteiger charge is 2.20. The highest BCUT2D eigenvalue weighted by Crippen LogP contribution is 2.28. The first-order valence-corrected chi connectivity index (χ1v) is 9.37. The Bertz CT molecular complexity index is 685. The average molecular weight is 335 g/mol. The quantitative estimate of drug-likeness (QED) is 0.635. The van der Waals surface area contributed by atoms with E-state index < -0.39 is 0 Å². The summed E-state index contributed by atoms with van der Waals surface area (Å²) in [5, 5.41) is 0. The van der Waals surface area contributed by atoms with Gasteiger partial charge in [-0.3, -0.25) is 4.90 Å². The van der Waals surface area contributed by atoms with E-state index in [4.69, 9.17) is 5.73 Å². The number of unbranched alkanes of at least 4 members (excludes halogenated alkanes) is 1. The molecule has 25 heavy (non-hydrogen) atoms. The van der Waals surface area contributed by atoms with Crippen LogP contribution in [0.1, 0.15) is 30.9 Å². The van der Waals surface area contributed by atoms with E-state index in [0.29, 0.717) is 0 Å². The van der Waals surface area contributed by atoms with E-state index in [1.807, 2.05) is 12.1 Å². The first-order chi connectivity index (χ1) is 12.3. The SMILES string of the molecule is CCCCN1CCN(/C(=C\c2ccccc2)c2ccccc2N)CC1. The minimum absolute atomic E-state index is 0.845. The van der Waals surface area contributed by atoms with Gasteiger partial charge in [-0.1, -0.05) is 61.9 Å². The molecule has 0 unspecified atom stereocenters. The van der Waals surface area contributed by atoms with Crippen LogP contribution < -0.4 is 5.73 Å². The van der Waals surface area contributed by atoms with Crippen molar-refractivity contribution in [3.63, 3.8) is 0 Å². The van der Waals surface area contributed by atoms with E-state index in [1.54, 1.807) is 0 Å². The van der Waals surface area contributed by atoms with Crippen molar-refractivity contribution >= 4 is 17.5 Å². The summed E-state index contributed by atoms with van der Waals surface area (Å²) in [6.45, 7) is 7.83. The molecule has 1 saturated heterocycles. The Hall–Kier alpha value is -2.26. The monoisotopic (exact) mass is 335 g/mol. The van der Waals surface area contributed by atoms with Crippen LogP contribution in [0.3, 0.4) is 0 Å². The molecule has 132 valence electrons. The Morgan fingerprint density at radius 2 is 1.64 bits per heavy atom. The number of hydrogen-bond donors (Lipinski definition) is 1. The number of para-hydroxylation sites is 1. The molecule has 2 N–H and O–H groups in total. The topological polar surface area (TPSA) is 32.5 Å². The lowest BCUT2D eigenvalue weighted by Crippen LogP contribution is -2.45. The van der Waals surface area contributed by atoms with Crippen molar-refractivity contribution in [2.45, 2.75) is 19.8 Å². The zero-order chi connectivity index (χ0) is 17.5. The Kier molecular flexibility index (Phi) is 6.13. The summed E-state index contributed by atoms with van der Waals surface area (Å²) in [5.74, 6) is 0. The number of hydrogen-bond acceptors (Lipinski definition) is 3. The van der Waals surface area contributed by atoms with Crippen molar-refractivity contribution in [2.75, 3.05) is 38.5 Å². The van der Waals surface area contributed by atoms with Gasteiger partial charge in [-0.15, -0.1) is 0 Å². The first-order valence-electron chi connectivity index (χ1n) is 9.37. The molecule has 1 aliphatic rings. The highest BCUT2D eigenvalue weighted by molar-refractivity contribution is 5.85. The van der Waals surface area contributed by atoms with Crippen LogP contribution in [-0.4, -0.2) is 42.5 Å². The third kappa shape index (κ3) is 4.64. The molecule has 0 atom stereocenters. The summed E-state index contributed by atoms with van der Waals surface area (Å²) < 4.78 is 0. The maximum absolute atomic E-state index is 6.30. The van der Waals surface area contributed by atoms with Gasteiger partial charge >= 0.3 is 0 Å². The molecule has 0 aromatic heterocycles. The second-order valence-electron chi connectivity index (χ2n) is 6.71. The maximum Gasteiger partial charge on any atom is 0.0467 e. The second-order valence-corrected chi connectivity index (χ2v) is 6.71. The minimum Gasteiger partial charge on any atom is -0.398 e. The molecule has 1 heterocycles. The van der Waals surface area contributed by atoms with Gasteiger partial charge in [0.1, 0.15) is 0 Å². The van der Waals surface area contributed by atoms with Gasteiger partial charge in [0, 0.05) is 43.1 Å². The maximum atomic E-state index is 6.30. The molecule has 1 fully saturated rings. The smallest absolute Gasteiger partial charge is 0.0467 e. The third-order valence-corrected chi connectivity index (χ3v) is 4.88. The number of nitrogens with zero attached hydrogens (tertiary/aromatic N) is 2. The summed E-state index contributed by atoms with van der Waals surface area (Å²) in [4.78, 5) is 5.07. The number of anilines is 1. The van der Waals surface area contributed by atoms with Gasteiger partial charge in [0.05, 0.1) is 0 Å². The molecule has 1 aliphatic heterocycles. The molecular formula is C22H29N3. The zero-order valence-electron chi connectivity index (χ0n) is 15.2. The van der Waals surface area contributed by atoms with Crippen molar-refractivity contribution in [1.82, 2.24) is 9.80 Å². The van der Waals surface area contributed by atoms with Crippen LogP contribution in [0.25, 0.3) is 11.8 Å². The zero-order valence-corrected chi connectivity index (χ0v) is 15.2. The van der Waals surface area contributed by atoms with Crippen LogP contribution in [0, 0.1) is 0 Å². The van der Waals surface area contributed by atoms with Crippen LogP contribution >= 0.6 is 0 Å². The van der Waals surface area contributed by atoms with E-state index >= 15 is 0 Å². The van der Waals surface area contributed by atoms with Crippen molar-refractivity contribution < 1.29 is 0 Å². The number of rotatable bonds is 6. The fourth-order valence-corrected chi connectivity index (χ4v) is 3.37. The van der Waals surface area contributed by atoms with Crippen LogP contribution in [0.2, 0.25) is 0 Å². The standard InChI is InChI=1S/C22H29N3/c1-2-3-13-24-14-16-25(17-15-24)22(18-19-9-5-4-6-10-19)20-11-7-8-12-21(20)23/h4-12,18H,2-3,13-17,23H2,1H3/b22-18-. The predicted molar refractivity (Wildman–Crippen MR) is 108 cm³/mol. The Labute approximate surface area is 151 Å². The largest absolute Gasteiger partial charge is 0.398 e. The summed E-state index contributed by atoms with van der Waals surface area (Å²) >= 11 is 0. The molecule has 2 aromatic carbocycles. The van der Waals surface area contributed by atoms with Crippen molar-refractivity contribution in [1.29, 1.82) is 0 Å². The molecule has 3 rings (SSSR count). The van der Waals surface area contributed by atoms with Gasteiger partial charge in [0.15, 0.2) is 0 Å². The number of nitrogens with two attached hydrogens (primary N) is 1. The van der Waals surface area contributed by atoms with Gasteiger partial charge in [-0.05, 0) is 30.7 Å². The average Bonchev–Trinajstić information content (AvgIpc) is 2.66. The summed E-state index contributed by atoms with van der Waals surface area (Å²) in [6.07, 6.45) is 4.83. The second kappa shape index (κ2) is 8.72. The lowest BCUT2D eigenvalue weighted by atomic mass is 10.0. The summed E-state index contributed by atoms with van der Waals surface area (Å²) in [5.41, 5.74) is 10.7. The van der Waals surface area contributed by atoms with Crippen LogP contribution in [0.15, 0.2) is 54.6 Å². The molecule has 0 spiro atoms. The number of nitrogen functional groups attached to an aromatic ring is 1. The fourth-order valence-electron chi connectivity index (χ4n) is 3.37. The van der Waals surface area contributed by atoms with Gasteiger partial charge in [0.25, 0.3) is 0 Å². The molecule has 0 amide bonds. The molecule has 2 aromatic rings. The van der Waals surface area contributed by atoms with Crippen LogP contribution in [-0.2, 0) is 0 Å². The highest BCUT2D eigenvalue weighted by atomic mass is 15.3. The molecule has 3 heteroatoms. The van der Waals surface area contributed by atoms with Gasteiger partial charge in [-0.2, -0.15) is 0 Å². The molecule has 3 nitrogen and oxygen atoms in total. The molecule has 0 bridgehead atoms. The lowest BCUT2D eigenvalue weighted by Gasteiger charge is -2.37. The summed E-state index contributed by atoms with van der Waals surface area (Å²) in [7, 11) is 0.